The Hall–Kier alpha value is -2.57. The molecule has 4 rings (SSSR count). The lowest BCUT2D eigenvalue weighted by atomic mass is 9.95. The van der Waals surface area contributed by atoms with Crippen molar-refractivity contribution in [2.24, 2.45) is 5.92 Å². The molecule has 6 nitrogen and oxygen atoms in total. The summed E-state index contributed by atoms with van der Waals surface area (Å²) in [7, 11) is 0. The van der Waals surface area contributed by atoms with E-state index < -0.39 is 0 Å². The lowest BCUT2D eigenvalue weighted by molar-refractivity contribution is -0.138. The van der Waals surface area contributed by atoms with Gasteiger partial charge in [-0.1, -0.05) is 41.4 Å². The van der Waals surface area contributed by atoms with Crippen LogP contribution in [-0.2, 0) is 4.79 Å². The molecular weight excluding hydrogens is 449 g/mol. The normalized spacial score (nSPS) is 19.1. The van der Waals surface area contributed by atoms with E-state index in [9.17, 15) is 14.4 Å². The monoisotopic (exact) mass is 473 g/mol. The molecule has 32 heavy (non-hydrogen) atoms. The maximum Gasteiger partial charge on any atom is 0.253 e. The average Bonchev–Trinajstić information content (AvgIpc) is 2.85. The van der Waals surface area contributed by atoms with E-state index >= 15 is 0 Å². The van der Waals surface area contributed by atoms with Gasteiger partial charge in [0.15, 0.2) is 0 Å². The van der Waals surface area contributed by atoms with Gasteiger partial charge < -0.3 is 14.7 Å². The summed E-state index contributed by atoms with van der Waals surface area (Å²) in [6.07, 6.45) is 1.53. The summed E-state index contributed by atoms with van der Waals surface area (Å²) in [5, 5.41) is 0.741. The summed E-state index contributed by atoms with van der Waals surface area (Å²) in [4.78, 5) is 44.0. The minimum absolute atomic E-state index is 0.00578. The van der Waals surface area contributed by atoms with Gasteiger partial charge in [0.1, 0.15) is 0 Å². The summed E-state index contributed by atoms with van der Waals surface area (Å²) >= 11 is 12.0. The Morgan fingerprint density at radius 1 is 0.719 bits per heavy atom. The summed E-state index contributed by atoms with van der Waals surface area (Å²) in [5.41, 5.74) is 1.14. The molecule has 0 radical (unpaired) electrons. The Kier molecular flexibility index (Phi) is 7.01. The van der Waals surface area contributed by atoms with E-state index in [2.05, 4.69) is 0 Å². The van der Waals surface area contributed by atoms with Crippen molar-refractivity contribution < 1.29 is 14.4 Å². The summed E-state index contributed by atoms with van der Waals surface area (Å²) in [6, 6.07) is 14.0. The fourth-order valence-electron chi connectivity index (χ4n) is 4.33. The molecule has 1 unspecified atom stereocenters. The van der Waals surface area contributed by atoms with Gasteiger partial charge in [-0.05, 0) is 43.2 Å². The number of benzene rings is 2. The third-order valence-corrected chi connectivity index (χ3v) is 6.86. The molecule has 2 aromatic carbocycles. The number of carbonyl (C=O) groups is 3. The van der Waals surface area contributed by atoms with E-state index in [0.717, 1.165) is 12.8 Å². The Bertz CT molecular complexity index is 1010. The first-order valence-electron chi connectivity index (χ1n) is 10.8. The van der Waals surface area contributed by atoms with Crippen molar-refractivity contribution in [3.8, 4) is 0 Å². The second-order valence-electron chi connectivity index (χ2n) is 8.20. The molecule has 8 heteroatoms. The zero-order chi connectivity index (χ0) is 22.7. The smallest absolute Gasteiger partial charge is 0.253 e. The maximum atomic E-state index is 13.1. The quantitative estimate of drug-likeness (QED) is 0.680. The standard InChI is InChI=1S/C24H25Cl2N3O3/c25-20-9-8-18(15-21(20)26)23(31)29-10-4-7-19(16-29)24(32)28-13-11-27(12-14-28)22(30)17-5-2-1-3-6-17/h1-3,5-6,8-9,15,19H,4,7,10-14,16H2. The van der Waals surface area contributed by atoms with Crippen LogP contribution in [-0.4, -0.2) is 71.7 Å². The summed E-state index contributed by atoms with van der Waals surface area (Å²) in [5.74, 6) is -0.316. The van der Waals surface area contributed by atoms with Gasteiger partial charge in [-0.15, -0.1) is 0 Å². The molecule has 2 heterocycles. The summed E-state index contributed by atoms with van der Waals surface area (Å²) in [6.45, 7) is 3.04. The predicted molar refractivity (Wildman–Crippen MR) is 124 cm³/mol. The molecule has 0 saturated carbocycles. The van der Waals surface area contributed by atoms with Crippen molar-refractivity contribution in [1.29, 1.82) is 0 Å². The largest absolute Gasteiger partial charge is 0.339 e. The van der Waals surface area contributed by atoms with E-state index in [0.29, 0.717) is 60.4 Å². The summed E-state index contributed by atoms with van der Waals surface area (Å²) < 4.78 is 0. The van der Waals surface area contributed by atoms with Gasteiger partial charge in [0.05, 0.1) is 16.0 Å². The number of piperazine rings is 1. The minimum atomic E-state index is -0.230. The molecule has 168 valence electrons. The van der Waals surface area contributed by atoms with Gasteiger partial charge in [-0.25, -0.2) is 0 Å². The van der Waals surface area contributed by atoms with Gasteiger partial charge in [0.2, 0.25) is 5.91 Å². The highest BCUT2D eigenvalue weighted by Crippen LogP contribution is 2.26. The molecule has 2 aliphatic heterocycles. The zero-order valence-electron chi connectivity index (χ0n) is 17.7. The molecule has 0 bridgehead atoms. The van der Waals surface area contributed by atoms with Gasteiger partial charge in [-0.2, -0.15) is 0 Å². The Labute approximate surface area is 197 Å². The lowest BCUT2D eigenvalue weighted by Gasteiger charge is -2.39. The molecule has 0 spiro atoms. The number of hydrogen-bond donors (Lipinski definition) is 0. The number of halogens is 2. The van der Waals surface area contributed by atoms with Crippen LogP contribution in [0.4, 0.5) is 0 Å². The molecule has 0 aliphatic carbocycles. The second kappa shape index (κ2) is 9.92. The third-order valence-electron chi connectivity index (χ3n) is 6.12. The van der Waals surface area contributed by atoms with Crippen molar-refractivity contribution in [3.05, 3.63) is 69.7 Å². The average molecular weight is 474 g/mol. The van der Waals surface area contributed by atoms with Gasteiger partial charge in [0.25, 0.3) is 11.8 Å². The highest BCUT2D eigenvalue weighted by molar-refractivity contribution is 6.42. The van der Waals surface area contributed by atoms with Crippen LogP contribution in [0.2, 0.25) is 10.0 Å². The topological polar surface area (TPSA) is 60.9 Å². The maximum absolute atomic E-state index is 13.1. The van der Waals surface area contributed by atoms with Crippen molar-refractivity contribution >= 4 is 40.9 Å². The zero-order valence-corrected chi connectivity index (χ0v) is 19.2. The van der Waals surface area contributed by atoms with Crippen LogP contribution in [0.3, 0.4) is 0 Å². The molecule has 0 N–H and O–H groups in total. The number of amides is 3. The van der Waals surface area contributed by atoms with E-state index in [-0.39, 0.29) is 23.6 Å². The second-order valence-corrected chi connectivity index (χ2v) is 9.02. The predicted octanol–water partition coefficient (Wildman–Crippen LogP) is 3.83. The Morgan fingerprint density at radius 2 is 1.38 bits per heavy atom. The van der Waals surface area contributed by atoms with Crippen LogP contribution >= 0.6 is 23.2 Å². The molecule has 2 fully saturated rings. The Balaban J connectivity index is 1.34. The van der Waals surface area contributed by atoms with E-state index in [1.54, 1.807) is 40.1 Å². The number of likely N-dealkylation sites (tertiary alicyclic amines) is 1. The number of nitrogens with zero attached hydrogens (tertiary/aromatic N) is 3. The van der Waals surface area contributed by atoms with Crippen molar-refractivity contribution in [1.82, 2.24) is 14.7 Å². The van der Waals surface area contributed by atoms with E-state index in [4.69, 9.17) is 23.2 Å². The number of carbonyl (C=O) groups excluding carboxylic acids is 3. The first-order valence-corrected chi connectivity index (χ1v) is 11.6. The lowest BCUT2D eigenvalue weighted by Crippen LogP contribution is -2.54. The van der Waals surface area contributed by atoms with Crippen molar-refractivity contribution in [2.45, 2.75) is 12.8 Å². The number of rotatable bonds is 3. The molecular formula is C24H25Cl2N3O3. The fourth-order valence-corrected chi connectivity index (χ4v) is 4.62. The molecule has 1 atom stereocenters. The first-order chi connectivity index (χ1) is 15.4. The van der Waals surface area contributed by atoms with Gasteiger partial charge in [-0.3, -0.25) is 14.4 Å². The van der Waals surface area contributed by atoms with Crippen LogP contribution in [0.5, 0.6) is 0 Å². The molecule has 2 aliphatic rings. The highest BCUT2D eigenvalue weighted by atomic mass is 35.5. The van der Waals surface area contributed by atoms with E-state index in [1.807, 2.05) is 23.1 Å². The molecule has 3 amide bonds. The first kappa shape index (κ1) is 22.6. The number of hydrogen-bond acceptors (Lipinski definition) is 3. The molecule has 0 aromatic heterocycles. The molecule has 2 saturated heterocycles. The Morgan fingerprint density at radius 3 is 2.06 bits per heavy atom. The van der Waals surface area contributed by atoms with Crippen LogP contribution in [0.15, 0.2) is 48.5 Å². The van der Waals surface area contributed by atoms with Crippen LogP contribution in [0.1, 0.15) is 33.6 Å². The third kappa shape index (κ3) is 4.92. The number of piperidine rings is 1. The minimum Gasteiger partial charge on any atom is -0.339 e. The highest BCUT2D eigenvalue weighted by Gasteiger charge is 2.33. The van der Waals surface area contributed by atoms with Crippen molar-refractivity contribution in [3.63, 3.8) is 0 Å². The van der Waals surface area contributed by atoms with Gasteiger partial charge >= 0.3 is 0 Å². The van der Waals surface area contributed by atoms with Gasteiger partial charge in [0, 0.05) is 50.4 Å². The van der Waals surface area contributed by atoms with Crippen LogP contribution < -0.4 is 0 Å². The van der Waals surface area contributed by atoms with Crippen molar-refractivity contribution in [2.75, 3.05) is 39.3 Å². The molecule has 2 aromatic rings. The van der Waals surface area contributed by atoms with Crippen LogP contribution in [0.25, 0.3) is 0 Å². The SMILES string of the molecule is O=C(c1ccccc1)N1CCN(C(=O)C2CCCN(C(=O)c3ccc(Cl)c(Cl)c3)C2)CC1. The fraction of sp³-hybridized carbons (Fsp3) is 0.375. The van der Waals surface area contributed by atoms with Crippen LogP contribution in [0, 0.1) is 5.92 Å². The van der Waals surface area contributed by atoms with E-state index in [1.165, 1.54) is 0 Å².